The van der Waals surface area contributed by atoms with Crippen molar-refractivity contribution in [3.8, 4) is 0 Å². The molecule has 3 nitrogen and oxygen atoms in total. The lowest BCUT2D eigenvalue weighted by Crippen LogP contribution is -2.34. The van der Waals surface area contributed by atoms with Crippen LogP contribution in [0.5, 0.6) is 0 Å². The molecule has 106 valence electrons. The number of hydrogen-bond donors (Lipinski definition) is 0. The minimum absolute atomic E-state index is 0.0803. The molecule has 4 heteroatoms. The number of nitrogens with zero attached hydrogens (tertiary/aromatic N) is 1. The molecule has 1 amide bonds. The number of hydrogen-bond acceptors (Lipinski definition) is 2. The molecule has 0 aliphatic heterocycles. The molecular formula is C15H22BrNO2. The van der Waals surface area contributed by atoms with Crippen LogP contribution in [-0.4, -0.2) is 42.4 Å². The van der Waals surface area contributed by atoms with Gasteiger partial charge in [0.2, 0.25) is 0 Å². The van der Waals surface area contributed by atoms with Crippen LogP contribution in [0.1, 0.15) is 28.4 Å². The first-order valence-corrected chi connectivity index (χ1v) is 7.72. The Bertz CT molecular complexity index is 400. The summed E-state index contributed by atoms with van der Waals surface area (Å²) in [5.74, 6) is 0.0803. The number of likely N-dealkylation sites (N-methyl/N-ethyl adjacent to an activating group) is 1. The van der Waals surface area contributed by atoms with Crippen LogP contribution in [0, 0.1) is 13.8 Å². The van der Waals surface area contributed by atoms with Crippen LogP contribution in [0.2, 0.25) is 0 Å². The highest BCUT2D eigenvalue weighted by atomic mass is 79.9. The molecule has 0 unspecified atom stereocenters. The predicted molar refractivity (Wildman–Crippen MR) is 82.1 cm³/mol. The average molecular weight is 328 g/mol. The van der Waals surface area contributed by atoms with Gasteiger partial charge in [-0.1, -0.05) is 33.1 Å². The van der Waals surface area contributed by atoms with Crippen molar-refractivity contribution in [1.82, 2.24) is 4.90 Å². The Morgan fingerprint density at radius 3 is 2.37 bits per heavy atom. The highest BCUT2D eigenvalue weighted by Crippen LogP contribution is 2.11. The second-order valence-electron chi connectivity index (χ2n) is 4.56. The van der Waals surface area contributed by atoms with E-state index in [4.69, 9.17) is 4.74 Å². The largest absolute Gasteiger partial charge is 0.379 e. The summed E-state index contributed by atoms with van der Waals surface area (Å²) >= 11 is 3.31. The summed E-state index contributed by atoms with van der Waals surface area (Å²) in [6.45, 7) is 8.60. The van der Waals surface area contributed by atoms with Crippen molar-refractivity contribution in [3.05, 3.63) is 34.9 Å². The van der Waals surface area contributed by atoms with E-state index in [1.165, 1.54) is 0 Å². The van der Waals surface area contributed by atoms with Crippen molar-refractivity contribution in [2.24, 2.45) is 0 Å². The molecule has 0 heterocycles. The molecule has 0 aliphatic rings. The lowest BCUT2D eigenvalue weighted by molar-refractivity contribution is 0.0672. The molecule has 0 saturated heterocycles. The number of halogens is 1. The minimum atomic E-state index is 0.0803. The van der Waals surface area contributed by atoms with Gasteiger partial charge in [0.1, 0.15) is 0 Å². The van der Waals surface area contributed by atoms with E-state index in [9.17, 15) is 4.79 Å². The van der Waals surface area contributed by atoms with Gasteiger partial charge in [-0.3, -0.25) is 4.79 Å². The molecule has 0 spiro atoms. The molecule has 19 heavy (non-hydrogen) atoms. The number of ether oxygens (including phenoxy) is 1. The first-order chi connectivity index (χ1) is 9.08. The Labute approximate surface area is 124 Å². The van der Waals surface area contributed by atoms with E-state index in [1.54, 1.807) is 0 Å². The van der Waals surface area contributed by atoms with Crippen LogP contribution in [-0.2, 0) is 4.74 Å². The van der Waals surface area contributed by atoms with E-state index < -0.39 is 0 Å². The monoisotopic (exact) mass is 327 g/mol. The number of amides is 1. The van der Waals surface area contributed by atoms with Gasteiger partial charge >= 0.3 is 0 Å². The molecule has 0 saturated carbocycles. The van der Waals surface area contributed by atoms with E-state index >= 15 is 0 Å². The maximum atomic E-state index is 12.4. The highest BCUT2D eigenvalue weighted by molar-refractivity contribution is 9.09. The minimum Gasteiger partial charge on any atom is -0.379 e. The molecule has 0 bridgehead atoms. The van der Waals surface area contributed by atoms with Gasteiger partial charge in [0, 0.05) is 24.0 Å². The number of alkyl halides is 1. The third-order valence-electron chi connectivity index (χ3n) is 2.86. The number of carbonyl (C=O) groups excluding carboxylic acids is 1. The fraction of sp³-hybridized carbons (Fsp3) is 0.533. The van der Waals surface area contributed by atoms with Gasteiger partial charge in [-0.2, -0.15) is 0 Å². The normalized spacial score (nSPS) is 10.5. The lowest BCUT2D eigenvalue weighted by atomic mass is 10.1. The molecule has 0 radical (unpaired) electrons. The topological polar surface area (TPSA) is 29.5 Å². The zero-order valence-corrected chi connectivity index (χ0v) is 13.5. The quantitative estimate of drug-likeness (QED) is 0.568. The zero-order valence-electron chi connectivity index (χ0n) is 11.9. The molecule has 1 aromatic rings. The molecule has 0 aliphatic carbocycles. The van der Waals surface area contributed by atoms with Crippen molar-refractivity contribution in [1.29, 1.82) is 0 Å². The van der Waals surface area contributed by atoms with Crippen molar-refractivity contribution in [3.63, 3.8) is 0 Å². The summed E-state index contributed by atoms with van der Waals surface area (Å²) in [5, 5.41) is 0.824. The Hall–Kier alpha value is -0.870. The Balaban J connectivity index is 2.66. The third kappa shape index (κ3) is 5.33. The van der Waals surface area contributed by atoms with Crippen LogP contribution in [0.25, 0.3) is 0 Å². The number of aryl methyl sites for hydroxylation is 2. The molecule has 0 atom stereocenters. The van der Waals surface area contributed by atoms with Gasteiger partial charge in [0.25, 0.3) is 5.91 Å². The second-order valence-corrected chi connectivity index (χ2v) is 5.36. The number of benzene rings is 1. The summed E-state index contributed by atoms with van der Waals surface area (Å²) in [4.78, 5) is 14.2. The van der Waals surface area contributed by atoms with Crippen molar-refractivity contribution >= 4 is 21.8 Å². The maximum absolute atomic E-state index is 12.4. The van der Waals surface area contributed by atoms with Crippen molar-refractivity contribution in [2.75, 3.05) is 31.6 Å². The summed E-state index contributed by atoms with van der Waals surface area (Å²) < 4.78 is 5.41. The predicted octanol–water partition coefficient (Wildman–Crippen LogP) is 3.18. The van der Waals surface area contributed by atoms with Crippen molar-refractivity contribution < 1.29 is 9.53 Å². The van der Waals surface area contributed by atoms with E-state index in [0.717, 1.165) is 22.0 Å². The van der Waals surface area contributed by atoms with Crippen LogP contribution in [0.4, 0.5) is 0 Å². The fourth-order valence-corrected chi connectivity index (χ4v) is 2.24. The smallest absolute Gasteiger partial charge is 0.253 e. The molecule has 0 aromatic heterocycles. The van der Waals surface area contributed by atoms with Gasteiger partial charge in [0.05, 0.1) is 13.2 Å². The van der Waals surface area contributed by atoms with E-state index in [-0.39, 0.29) is 5.91 Å². The summed E-state index contributed by atoms with van der Waals surface area (Å²) in [6.07, 6.45) is 0. The summed E-state index contributed by atoms with van der Waals surface area (Å²) in [7, 11) is 0. The van der Waals surface area contributed by atoms with Crippen LogP contribution >= 0.6 is 15.9 Å². The molecule has 1 aromatic carbocycles. The van der Waals surface area contributed by atoms with E-state index in [0.29, 0.717) is 26.3 Å². The van der Waals surface area contributed by atoms with Gasteiger partial charge in [-0.05, 0) is 32.9 Å². The van der Waals surface area contributed by atoms with Crippen LogP contribution < -0.4 is 0 Å². The first kappa shape index (κ1) is 16.2. The van der Waals surface area contributed by atoms with Gasteiger partial charge in [-0.15, -0.1) is 0 Å². The molecular weight excluding hydrogens is 306 g/mol. The lowest BCUT2D eigenvalue weighted by Gasteiger charge is -2.21. The van der Waals surface area contributed by atoms with E-state index in [1.807, 2.05) is 37.8 Å². The molecule has 0 N–H and O–H groups in total. The van der Waals surface area contributed by atoms with Crippen molar-refractivity contribution in [2.45, 2.75) is 20.8 Å². The fourth-order valence-electron chi connectivity index (χ4n) is 2.02. The van der Waals surface area contributed by atoms with Crippen LogP contribution in [0.3, 0.4) is 0 Å². The molecule has 0 fully saturated rings. The Morgan fingerprint density at radius 1 is 1.21 bits per heavy atom. The zero-order chi connectivity index (χ0) is 14.3. The number of rotatable bonds is 7. The maximum Gasteiger partial charge on any atom is 0.253 e. The SMILES string of the molecule is CCN(CCOCCBr)C(=O)c1cc(C)cc(C)c1. The second kappa shape index (κ2) is 8.33. The summed E-state index contributed by atoms with van der Waals surface area (Å²) in [6, 6.07) is 5.96. The van der Waals surface area contributed by atoms with Gasteiger partial charge in [0.15, 0.2) is 0 Å². The summed E-state index contributed by atoms with van der Waals surface area (Å²) in [5.41, 5.74) is 3.00. The standard InChI is InChI=1S/C15H22BrNO2/c1-4-17(6-8-19-7-5-16)15(18)14-10-12(2)9-13(3)11-14/h9-11H,4-8H2,1-3H3. The third-order valence-corrected chi connectivity index (χ3v) is 3.19. The Morgan fingerprint density at radius 2 is 1.84 bits per heavy atom. The molecule has 1 rings (SSSR count). The first-order valence-electron chi connectivity index (χ1n) is 6.59. The highest BCUT2D eigenvalue weighted by Gasteiger charge is 2.14. The van der Waals surface area contributed by atoms with Gasteiger partial charge in [-0.25, -0.2) is 0 Å². The average Bonchev–Trinajstić information content (AvgIpc) is 2.37. The van der Waals surface area contributed by atoms with Crippen LogP contribution in [0.15, 0.2) is 18.2 Å². The number of carbonyl (C=O) groups is 1. The van der Waals surface area contributed by atoms with Gasteiger partial charge < -0.3 is 9.64 Å². The Kier molecular flexibility index (Phi) is 7.10. The van der Waals surface area contributed by atoms with E-state index in [2.05, 4.69) is 22.0 Å².